The lowest BCUT2D eigenvalue weighted by atomic mass is 10.1. The number of rotatable bonds is 5. The van der Waals surface area contributed by atoms with Crippen molar-refractivity contribution < 1.29 is 18.0 Å². The lowest BCUT2D eigenvalue weighted by Crippen LogP contribution is -2.16. The van der Waals surface area contributed by atoms with Crippen molar-refractivity contribution in [3.8, 4) is 11.3 Å². The van der Waals surface area contributed by atoms with Crippen molar-refractivity contribution in [2.75, 3.05) is 11.1 Å². The van der Waals surface area contributed by atoms with Crippen molar-refractivity contribution in [2.24, 2.45) is 0 Å². The normalized spacial score (nSPS) is 10.7. The molecule has 1 amide bonds. The highest BCUT2D eigenvalue weighted by atomic mass is 32.2. The van der Waals surface area contributed by atoms with E-state index in [2.05, 4.69) is 15.3 Å². The SMILES string of the molecule is Cc1cc(-c2ccccc2)nc(SCC(=O)Nc2ccc(F)c(F)c2F)n1. The van der Waals surface area contributed by atoms with E-state index < -0.39 is 29.0 Å². The van der Waals surface area contributed by atoms with Gasteiger partial charge in [0.1, 0.15) is 0 Å². The summed E-state index contributed by atoms with van der Waals surface area (Å²) >= 11 is 1.06. The fraction of sp³-hybridized carbons (Fsp3) is 0.105. The van der Waals surface area contributed by atoms with E-state index in [4.69, 9.17) is 0 Å². The van der Waals surface area contributed by atoms with Crippen LogP contribution < -0.4 is 5.32 Å². The number of carbonyl (C=O) groups excluding carboxylic acids is 1. The molecule has 1 heterocycles. The van der Waals surface area contributed by atoms with Gasteiger partial charge in [-0.25, -0.2) is 23.1 Å². The maximum absolute atomic E-state index is 13.6. The minimum Gasteiger partial charge on any atom is -0.323 e. The van der Waals surface area contributed by atoms with Crippen LogP contribution in [-0.2, 0) is 4.79 Å². The molecule has 4 nitrogen and oxygen atoms in total. The minimum atomic E-state index is -1.63. The van der Waals surface area contributed by atoms with E-state index in [1.807, 2.05) is 43.3 Å². The summed E-state index contributed by atoms with van der Waals surface area (Å²) < 4.78 is 39.8. The Labute approximate surface area is 157 Å². The first-order valence-electron chi connectivity index (χ1n) is 7.91. The topological polar surface area (TPSA) is 54.9 Å². The second-order valence-corrected chi connectivity index (χ2v) is 6.55. The molecular weight excluding hydrogens is 375 g/mol. The third-order valence-corrected chi connectivity index (χ3v) is 4.39. The van der Waals surface area contributed by atoms with E-state index in [1.54, 1.807) is 0 Å². The van der Waals surface area contributed by atoms with Gasteiger partial charge in [-0.2, -0.15) is 0 Å². The molecule has 1 aromatic heterocycles. The van der Waals surface area contributed by atoms with Gasteiger partial charge < -0.3 is 5.32 Å². The molecule has 0 aliphatic heterocycles. The summed E-state index contributed by atoms with van der Waals surface area (Å²) in [6.07, 6.45) is 0. The van der Waals surface area contributed by atoms with Crippen LogP contribution in [0.2, 0.25) is 0 Å². The molecule has 0 saturated heterocycles. The van der Waals surface area contributed by atoms with Gasteiger partial charge >= 0.3 is 0 Å². The van der Waals surface area contributed by atoms with Crippen LogP contribution in [0.5, 0.6) is 0 Å². The predicted octanol–water partition coefficient (Wildman–Crippen LogP) is 4.60. The van der Waals surface area contributed by atoms with Gasteiger partial charge in [-0.3, -0.25) is 4.79 Å². The molecule has 0 fully saturated rings. The first-order valence-corrected chi connectivity index (χ1v) is 8.90. The summed E-state index contributed by atoms with van der Waals surface area (Å²) in [5, 5.41) is 2.60. The van der Waals surface area contributed by atoms with E-state index in [0.717, 1.165) is 40.8 Å². The Bertz CT molecular complexity index is 983. The first-order chi connectivity index (χ1) is 12.9. The van der Waals surface area contributed by atoms with E-state index in [9.17, 15) is 18.0 Å². The van der Waals surface area contributed by atoms with Crippen LogP contribution in [0.3, 0.4) is 0 Å². The highest BCUT2D eigenvalue weighted by Crippen LogP contribution is 2.23. The highest BCUT2D eigenvalue weighted by Gasteiger charge is 2.16. The maximum Gasteiger partial charge on any atom is 0.234 e. The van der Waals surface area contributed by atoms with Crippen LogP contribution in [0.15, 0.2) is 53.7 Å². The molecule has 0 radical (unpaired) electrons. The largest absolute Gasteiger partial charge is 0.323 e. The second kappa shape index (κ2) is 8.22. The fourth-order valence-electron chi connectivity index (χ4n) is 2.30. The molecule has 0 aliphatic carbocycles. The number of halogens is 3. The minimum absolute atomic E-state index is 0.115. The zero-order chi connectivity index (χ0) is 19.4. The lowest BCUT2D eigenvalue weighted by molar-refractivity contribution is -0.113. The van der Waals surface area contributed by atoms with E-state index in [-0.39, 0.29) is 5.75 Å². The van der Waals surface area contributed by atoms with Crippen molar-refractivity contribution in [2.45, 2.75) is 12.1 Å². The van der Waals surface area contributed by atoms with E-state index in [1.165, 1.54) is 0 Å². The summed E-state index contributed by atoms with van der Waals surface area (Å²) in [7, 11) is 0. The lowest BCUT2D eigenvalue weighted by Gasteiger charge is -2.08. The molecule has 0 saturated carbocycles. The van der Waals surface area contributed by atoms with Crippen molar-refractivity contribution in [1.29, 1.82) is 0 Å². The number of amides is 1. The van der Waals surface area contributed by atoms with Gasteiger partial charge in [0.15, 0.2) is 22.6 Å². The number of anilines is 1. The van der Waals surface area contributed by atoms with Crippen LogP contribution in [0.25, 0.3) is 11.3 Å². The van der Waals surface area contributed by atoms with Gasteiger partial charge in [-0.15, -0.1) is 0 Å². The van der Waals surface area contributed by atoms with Crippen molar-refractivity contribution in [3.63, 3.8) is 0 Å². The van der Waals surface area contributed by atoms with Crippen LogP contribution in [0, 0.1) is 24.4 Å². The van der Waals surface area contributed by atoms with Gasteiger partial charge in [0, 0.05) is 11.3 Å². The number of carbonyl (C=O) groups is 1. The molecule has 0 unspecified atom stereocenters. The predicted molar refractivity (Wildman–Crippen MR) is 97.9 cm³/mol. The van der Waals surface area contributed by atoms with Crippen molar-refractivity contribution >= 4 is 23.4 Å². The Morgan fingerprint density at radius 2 is 1.78 bits per heavy atom. The molecule has 27 heavy (non-hydrogen) atoms. The molecule has 138 valence electrons. The number of nitrogens with one attached hydrogen (secondary N) is 1. The second-order valence-electron chi connectivity index (χ2n) is 5.60. The third-order valence-electron chi connectivity index (χ3n) is 3.54. The number of benzene rings is 2. The number of thioether (sulfide) groups is 1. The zero-order valence-corrected chi connectivity index (χ0v) is 15.0. The molecular formula is C19H14F3N3OS. The molecule has 0 aliphatic rings. The standard InChI is InChI=1S/C19H14F3N3OS/c1-11-9-15(12-5-3-2-4-6-12)25-19(23-11)27-10-16(26)24-14-8-7-13(20)17(21)18(14)22/h2-9H,10H2,1H3,(H,24,26). The summed E-state index contributed by atoms with van der Waals surface area (Å²) in [5.74, 6) is -5.09. The quantitative estimate of drug-likeness (QED) is 0.394. The summed E-state index contributed by atoms with van der Waals surface area (Å²) in [4.78, 5) is 20.7. The van der Waals surface area contributed by atoms with Gasteiger partial charge in [0.25, 0.3) is 0 Å². The van der Waals surface area contributed by atoms with Crippen LogP contribution >= 0.6 is 11.8 Å². The van der Waals surface area contributed by atoms with Gasteiger partial charge in [-0.05, 0) is 25.1 Å². The fourth-order valence-corrected chi connectivity index (χ4v) is 3.01. The van der Waals surface area contributed by atoms with Crippen molar-refractivity contribution in [3.05, 3.63) is 71.7 Å². The number of hydrogen-bond acceptors (Lipinski definition) is 4. The highest BCUT2D eigenvalue weighted by molar-refractivity contribution is 7.99. The summed E-state index contributed by atoms with van der Waals surface area (Å²) in [6.45, 7) is 1.81. The van der Waals surface area contributed by atoms with E-state index in [0.29, 0.717) is 5.16 Å². The molecule has 0 spiro atoms. The van der Waals surface area contributed by atoms with Crippen LogP contribution in [0.4, 0.5) is 18.9 Å². The Morgan fingerprint density at radius 3 is 2.52 bits per heavy atom. The smallest absolute Gasteiger partial charge is 0.234 e. The summed E-state index contributed by atoms with van der Waals surface area (Å²) in [5.41, 5.74) is 1.95. The van der Waals surface area contributed by atoms with Gasteiger partial charge in [-0.1, -0.05) is 42.1 Å². The average molecular weight is 389 g/mol. The zero-order valence-electron chi connectivity index (χ0n) is 14.2. The van der Waals surface area contributed by atoms with Gasteiger partial charge in [0.05, 0.1) is 17.1 Å². The summed E-state index contributed by atoms with van der Waals surface area (Å²) in [6, 6.07) is 13.0. The number of nitrogens with zero attached hydrogens (tertiary/aromatic N) is 2. The van der Waals surface area contributed by atoms with Crippen LogP contribution in [0.1, 0.15) is 5.69 Å². The maximum atomic E-state index is 13.6. The molecule has 0 bridgehead atoms. The monoisotopic (exact) mass is 389 g/mol. The Morgan fingerprint density at radius 1 is 1.04 bits per heavy atom. The molecule has 3 rings (SSSR count). The molecule has 2 aromatic carbocycles. The number of hydrogen-bond donors (Lipinski definition) is 1. The molecule has 0 atom stereocenters. The Balaban J connectivity index is 1.69. The molecule has 1 N–H and O–H groups in total. The number of aromatic nitrogens is 2. The molecule has 8 heteroatoms. The molecule has 3 aromatic rings. The average Bonchev–Trinajstić information content (AvgIpc) is 2.67. The van der Waals surface area contributed by atoms with Gasteiger partial charge in [0.2, 0.25) is 5.91 Å². The number of aryl methyl sites for hydroxylation is 1. The third kappa shape index (κ3) is 4.65. The van der Waals surface area contributed by atoms with E-state index >= 15 is 0 Å². The Kier molecular flexibility index (Phi) is 5.75. The van der Waals surface area contributed by atoms with Crippen LogP contribution in [-0.4, -0.2) is 21.6 Å². The van der Waals surface area contributed by atoms with Crippen molar-refractivity contribution in [1.82, 2.24) is 9.97 Å². The Hall–Kier alpha value is -2.87. The first kappa shape index (κ1) is 18.9.